The van der Waals surface area contributed by atoms with E-state index in [1.54, 1.807) is 6.92 Å². The fourth-order valence-electron chi connectivity index (χ4n) is 3.13. The van der Waals surface area contributed by atoms with Gasteiger partial charge in [0.2, 0.25) is 17.7 Å². The molecule has 1 atom stereocenters. The molecule has 116 valence electrons. The zero-order valence-electron chi connectivity index (χ0n) is 12.0. The van der Waals surface area contributed by atoms with E-state index in [4.69, 9.17) is 5.11 Å². The van der Waals surface area contributed by atoms with Crippen molar-refractivity contribution in [2.45, 2.75) is 45.1 Å². The number of carboxylic acid groups (broad SMARTS) is 1. The number of hydrogen-bond donors (Lipinski definition) is 2. The van der Waals surface area contributed by atoms with Crippen molar-refractivity contribution in [3.63, 3.8) is 0 Å². The lowest BCUT2D eigenvalue weighted by atomic mass is 9.81. The third kappa shape index (κ3) is 3.22. The highest BCUT2D eigenvalue weighted by molar-refractivity contribution is 6.04. The summed E-state index contributed by atoms with van der Waals surface area (Å²) < 4.78 is 0. The SMILES string of the molecule is CCC1C(=O)NC(=O)CN1C(=O)C1CCC(C(=O)O)CC1. The van der Waals surface area contributed by atoms with Gasteiger partial charge in [0.05, 0.1) is 5.92 Å². The second kappa shape index (κ2) is 6.24. The molecule has 21 heavy (non-hydrogen) atoms. The highest BCUT2D eigenvalue weighted by atomic mass is 16.4. The van der Waals surface area contributed by atoms with Crippen LogP contribution in [0.25, 0.3) is 0 Å². The molecular formula is C14H20N2O5. The Balaban J connectivity index is 2.03. The highest BCUT2D eigenvalue weighted by Crippen LogP contribution is 2.31. The number of nitrogens with zero attached hydrogens (tertiary/aromatic N) is 1. The molecule has 7 heteroatoms. The Hall–Kier alpha value is -1.92. The van der Waals surface area contributed by atoms with E-state index < -0.39 is 23.8 Å². The van der Waals surface area contributed by atoms with Crippen LogP contribution in [0.3, 0.4) is 0 Å². The number of hydrogen-bond acceptors (Lipinski definition) is 4. The van der Waals surface area contributed by atoms with Crippen molar-refractivity contribution in [2.75, 3.05) is 6.54 Å². The number of imide groups is 1. The van der Waals surface area contributed by atoms with Gasteiger partial charge in [0.25, 0.3) is 0 Å². The summed E-state index contributed by atoms with van der Waals surface area (Å²) in [7, 11) is 0. The van der Waals surface area contributed by atoms with Gasteiger partial charge in [-0.2, -0.15) is 0 Å². The summed E-state index contributed by atoms with van der Waals surface area (Å²) in [6, 6.07) is -0.604. The Morgan fingerprint density at radius 1 is 1.19 bits per heavy atom. The molecule has 1 aliphatic carbocycles. The molecule has 2 rings (SSSR count). The van der Waals surface area contributed by atoms with Crippen molar-refractivity contribution >= 4 is 23.7 Å². The predicted octanol–water partition coefficient (Wildman–Crippen LogP) is 0.141. The molecule has 0 radical (unpaired) electrons. The Labute approximate surface area is 122 Å². The van der Waals surface area contributed by atoms with Crippen molar-refractivity contribution < 1.29 is 24.3 Å². The standard InChI is InChI=1S/C14H20N2O5/c1-2-10-12(18)15-11(17)7-16(10)13(19)8-3-5-9(6-4-8)14(20)21/h8-10H,2-7H2,1H3,(H,20,21)(H,15,17,18). The molecule has 1 unspecified atom stereocenters. The fourth-order valence-corrected chi connectivity index (χ4v) is 3.13. The van der Waals surface area contributed by atoms with E-state index in [0.29, 0.717) is 32.1 Å². The van der Waals surface area contributed by atoms with Crippen molar-refractivity contribution in [2.24, 2.45) is 11.8 Å². The molecule has 1 aliphatic heterocycles. The number of nitrogens with one attached hydrogen (secondary N) is 1. The maximum absolute atomic E-state index is 12.5. The average molecular weight is 296 g/mol. The van der Waals surface area contributed by atoms with E-state index in [-0.39, 0.29) is 24.3 Å². The van der Waals surface area contributed by atoms with Gasteiger partial charge in [0.15, 0.2) is 0 Å². The quantitative estimate of drug-likeness (QED) is 0.721. The van der Waals surface area contributed by atoms with Crippen LogP contribution in [0.4, 0.5) is 0 Å². The number of rotatable bonds is 3. The molecule has 2 N–H and O–H groups in total. The number of amides is 3. The van der Waals surface area contributed by atoms with E-state index in [2.05, 4.69) is 5.32 Å². The van der Waals surface area contributed by atoms with E-state index >= 15 is 0 Å². The molecule has 1 saturated carbocycles. The van der Waals surface area contributed by atoms with Crippen molar-refractivity contribution in [3.8, 4) is 0 Å². The first-order chi connectivity index (χ1) is 9.93. The van der Waals surface area contributed by atoms with Gasteiger partial charge in [-0.3, -0.25) is 24.5 Å². The molecule has 3 amide bonds. The molecule has 0 aromatic heterocycles. The van der Waals surface area contributed by atoms with Gasteiger partial charge < -0.3 is 10.0 Å². The second-order valence-electron chi connectivity index (χ2n) is 5.69. The fraction of sp³-hybridized carbons (Fsp3) is 0.714. The van der Waals surface area contributed by atoms with E-state index in [1.165, 1.54) is 4.90 Å². The van der Waals surface area contributed by atoms with Gasteiger partial charge in [-0.1, -0.05) is 6.92 Å². The summed E-state index contributed by atoms with van der Waals surface area (Å²) in [6.07, 6.45) is 2.39. The number of piperazine rings is 1. The van der Waals surface area contributed by atoms with Crippen LogP contribution >= 0.6 is 0 Å². The van der Waals surface area contributed by atoms with Crippen LogP contribution in [0.15, 0.2) is 0 Å². The molecule has 0 aromatic carbocycles. The van der Waals surface area contributed by atoms with Crippen molar-refractivity contribution in [1.29, 1.82) is 0 Å². The van der Waals surface area contributed by atoms with Crippen molar-refractivity contribution in [3.05, 3.63) is 0 Å². The third-order valence-corrected chi connectivity index (χ3v) is 4.35. The minimum absolute atomic E-state index is 0.0953. The zero-order valence-corrected chi connectivity index (χ0v) is 12.0. The first-order valence-electron chi connectivity index (χ1n) is 7.31. The summed E-state index contributed by atoms with van der Waals surface area (Å²) in [5.74, 6) is -2.58. The average Bonchev–Trinajstić information content (AvgIpc) is 2.46. The first-order valence-corrected chi connectivity index (χ1v) is 7.31. The predicted molar refractivity (Wildman–Crippen MR) is 72.0 cm³/mol. The van der Waals surface area contributed by atoms with Crippen molar-refractivity contribution in [1.82, 2.24) is 10.2 Å². The molecular weight excluding hydrogens is 276 g/mol. The smallest absolute Gasteiger partial charge is 0.306 e. The van der Waals surface area contributed by atoms with Gasteiger partial charge in [-0.25, -0.2) is 0 Å². The van der Waals surface area contributed by atoms with E-state index in [1.807, 2.05) is 0 Å². The number of carboxylic acids is 1. The Morgan fingerprint density at radius 2 is 1.76 bits per heavy atom. The molecule has 2 fully saturated rings. The molecule has 0 bridgehead atoms. The van der Waals surface area contributed by atoms with Gasteiger partial charge in [-0.15, -0.1) is 0 Å². The van der Waals surface area contributed by atoms with Crippen LogP contribution in [0, 0.1) is 11.8 Å². The third-order valence-electron chi connectivity index (χ3n) is 4.35. The highest BCUT2D eigenvalue weighted by Gasteiger charge is 2.39. The van der Waals surface area contributed by atoms with Gasteiger partial charge in [0.1, 0.15) is 12.6 Å². The summed E-state index contributed by atoms with van der Waals surface area (Å²) >= 11 is 0. The summed E-state index contributed by atoms with van der Waals surface area (Å²) in [5, 5.41) is 11.2. The maximum atomic E-state index is 12.5. The Morgan fingerprint density at radius 3 is 2.29 bits per heavy atom. The maximum Gasteiger partial charge on any atom is 0.306 e. The van der Waals surface area contributed by atoms with Crippen LogP contribution in [0.1, 0.15) is 39.0 Å². The lowest BCUT2D eigenvalue weighted by Crippen LogP contribution is -2.60. The summed E-state index contributed by atoms with van der Waals surface area (Å²) in [6.45, 7) is 1.70. The lowest BCUT2D eigenvalue weighted by molar-refractivity contribution is -0.153. The number of aliphatic carboxylic acids is 1. The Bertz CT molecular complexity index is 468. The van der Waals surface area contributed by atoms with Gasteiger partial charge in [0, 0.05) is 5.92 Å². The number of carbonyl (C=O) groups excluding carboxylic acids is 3. The van der Waals surface area contributed by atoms with Gasteiger partial charge in [-0.05, 0) is 32.1 Å². The molecule has 7 nitrogen and oxygen atoms in total. The topological polar surface area (TPSA) is 104 Å². The van der Waals surface area contributed by atoms with Crippen LogP contribution in [0.5, 0.6) is 0 Å². The molecule has 2 aliphatic rings. The second-order valence-corrected chi connectivity index (χ2v) is 5.69. The van der Waals surface area contributed by atoms with E-state index in [9.17, 15) is 19.2 Å². The monoisotopic (exact) mass is 296 g/mol. The van der Waals surface area contributed by atoms with E-state index in [0.717, 1.165) is 0 Å². The summed E-state index contributed by atoms with van der Waals surface area (Å²) in [5.41, 5.74) is 0. The Kier molecular flexibility index (Phi) is 4.59. The largest absolute Gasteiger partial charge is 0.481 e. The minimum Gasteiger partial charge on any atom is -0.481 e. The minimum atomic E-state index is -0.820. The van der Waals surface area contributed by atoms with Crippen LogP contribution in [-0.4, -0.2) is 46.3 Å². The zero-order chi connectivity index (χ0) is 15.6. The molecule has 1 heterocycles. The van der Waals surface area contributed by atoms with Gasteiger partial charge >= 0.3 is 5.97 Å². The van der Waals surface area contributed by atoms with Crippen LogP contribution in [-0.2, 0) is 19.2 Å². The molecule has 0 aromatic rings. The summed E-state index contributed by atoms with van der Waals surface area (Å²) in [4.78, 5) is 48.1. The van der Waals surface area contributed by atoms with Crippen LogP contribution < -0.4 is 5.32 Å². The lowest BCUT2D eigenvalue weighted by Gasteiger charge is -2.37. The molecule has 1 saturated heterocycles. The first kappa shape index (κ1) is 15.5. The number of carbonyl (C=O) groups is 4. The molecule has 0 spiro atoms. The van der Waals surface area contributed by atoms with Crippen LogP contribution in [0.2, 0.25) is 0 Å². The normalized spacial score (nSPS) is 30.0.